The Balaban J connectivity index is 1.41. The molecule has 0 bridgehead atoms. The predicted octanol–water partition coefficient (Wildman–Crippen LogP) is 0.970. The molecule has 3 rings (SSSR count). The maximum atomic E-state index is 9.98. The fourth-order valence-corrected chi connectivity index (χ4v) is 2.77. The Labute approximate surface area is 115 Å². The summed E-state index contributed by atoms with van der Waals surface area (Å²) in [6.45, 7) is 6.19. The molecule has 1 aromatic rings. The largest absolute Gasteiger partial charge is 0.392 e. The summed E-state index contributed by atoms with van der Waals surface area (Å²) in [4.78, 5) is 9.04. The monoisotopic (exact) mass is 261 g/mol. The van der Waals surface area contributed by atoms with Crippen LogP contribution in [0.5, 0.6) is 0 Å². The molecular weight excluding hydrogens is 238 g/mol. The Morgan fingerprint density at radius 1 is 1.21 bits per heavy atom. The first-order chi connectivity index (χ1) is 9.31. The molecule has 0 aromatic carbocycles. The molecule has 2 heterocycles. The maximum Gasteiger partial charge on any atom is 0.0695 e. The molecule has 0 spiro atoms. The lowest BCUT2D eigenvalue weighted by Gasteiger charge is -2.35. The van der Waals surface area contributed by atoms with Crippen molar-refractivity contribution in [3.05, 3.63) is 30.1 Å². The van der Waals surface area contributed by atoms with Gasteiger partial charge in [-0.2, -0.15) is 0 Å². The third-order valence-corrected chi connectivity index (χ3v) is 4.21. The van der Waals surface area contributed by atoms with E-state index in [9.17, 15) is 5.11 Å². The van der Waals surface area contributed by atoms with Gasteiger partial charge < -0.3 is 5.11 Å². The average Bonchev–Trinajstić information content (AvgIpc) is 3.27. The molecule has 1 aromatic heterocycles. The number of aliphatic hydroxyl groups excluding tert-OH is 1. The summed E-state index contributed by atoms with van der Waals surface area (Å²) in [5, 5.41) is 9.98. The molecule has 104 valence electrons. The van der Waals surface area contributed by atoms with Crippen molar-refractivity contribution < 1.29 is 5.11 Å². The number of nitrogens with zero attached hydrogens (tertiary/aromatic N) is 3. The number of rotatable bonds is 5. The highest BCUT2D eigenvalue weighted by molar-refractivity contribution is 5.08. The van der Waals surface area contributed by atoms with Crippen molar-refractivity contribution in [2.24, 2.45) is 5.92 Å². The van der Waals surface area contributed by atoms with Gasteiger partial charge in [-0.1, -0.05) is 6.07 Å². The van der Waals surface area contributed by atoms with E-state index in [1.807, 2.05) is 18.5 Å². The van der Waals surface area contributed by atoms with Gasteiger partial charge in [0.1, 0.15) is 0 Å². The summed E-state index contributed by atoms with van der Waals surface area (Å²) in [6, 6.07) is 4.13. The number of piperazine rings is 1. The van der Waals surface area contributed by atoms with Gasteiger partial charge in [0.05, 0.1) is 6.10 Å². The van der Waals surface area contributed by atoms with Crippen molar-refractivity contribution in [3.63, 3.8) is 0 Å². The van der Waals surface area contributed by atoms with Crippen LogP contribution >= 0.6 is 0 Å². The molecule has 1 unspecified atom stereocenters. The lowest BCUT2D eigenvalue weighted by Crippen LogP contribution is -2.48. The minimum atomic E-state index is -0.0927. The van der Waals surface area contributed by atoms with E-state index < -0.39 is 0 Å². The predicted molar refractivity (Wildman–Crippen MR) is 74.7 cm³/mol. The number of aliphatic hydroxyl groups is 1. The topological polar surface area (TPSA) is 39.6 Å². The van der Waals surface area contributed by atoms with Crippen LogP contribution in [0.1, 0.15) is 18.4 Å². The van der Waals surface area contributed by atoms with Crippen LogP contribution < -0.4 is 0 Å². The molecule has 0 radical (unpaired) electrons. The Hall–Kier alpha value is -0.970. The lowest BCUT2D eigenvalue weighted by molar-refractivity contribution is 0.0601. The normalized spacial score (nSPS) is 23.4. The van der Waals surface area contributed by atoms with E-state index >= 15 is 0 Å². The zero-order valence-corrected chi connectivity index (χ0v) is 11.4. The summed E-state index contributed by atoms with van der Waals surface area (Å²) in [5.41, 5.74) is 1.29. The van der Waals surface area contributed by atoms with E-state index in [2.05, 4.69) is 20.9 Å². The first-order valence-electron chi connectivity index (χ1n) is 7.33. The zero-order chi connectivity index (χ0) is 13.1. The Kier molecular flexibility index (Phi) is 4.11. The number of β-amino-alcohol motifs (C(OH)–C–C–N with tert-alkyl or cyclic N) is 1. The Morgan fingerprint density at radius 3 is 2.58 bits per heavy atom. The molecule has 2 aliphatic rings. The van der Waals surface area contributed by atoms with Crippen LogP contribution in [0.3, 0.4) is 0 Å². The smallest absolute Gasteiger partial charge is 0.0695 e. The van der Waals surface area contributed by atoms with Crippen molar-refractivity contribution >= 4 is 0 Å². The second-order valence-electron chi connectivity index (χ2n) is 5.84. The van der Waals surface area contributed by atoms with Crippen molar-refractivity contribution in [1.82, 2.24) is 14.8 Å². The highest BCUT2D eigenvalue weighted by atomic mass is 16.3. The van der Waals surface area contributed by atoms with Gasteiger partial charge in [-0.15, -0.1) is 0 Å². The minimum absolute atomic E-state index is 0.0927. The van der Waals surface area contributed by atoms with Gasteiger partial charge in [-0.25, -0.2) is 0 Å². The van der Waals surface area contributed by atoms with Gasteiger partial charge in [-0.05, 0) is 30.4 Å². The van der Waals surface area contributed by atoms with Crippen molar-refractivity contribution in [2.45, 2.75) is 25.5 Å². The van der Waals surface area contributed by atoms with Gasteiger partial charge in [0.25, 0.3) is 0 Å². The molecular formula is C15H23N3O. The second-order valence-corrected chi connectivity index (χ2v) is 5.84. The van der Waals surface area contributed by atoms with Crippen molar-refractivity contribution in [3.8, 4) is 0 Å². The third-order valence-electron chi connectivity index (χ3n) is 4.21. The lowest BCUT2D eigenvalue weighted by atomic mass is 10.2. The molecule has 1 saturated carbocycles. The molecule has 1 N–H and O–H groups in total. The van der Waals surface area contributed by atoms with Crippen molar-refractivity contribution in [2.75, 3.05) is 32.7 Å². The summed E-state index contributed by atoms with van der Waals surface area (Å²) < 4.78 is 0. The summed E-state index contributed by atoms with van der Waals surface area (Å²) in [5.74, 6) is 0.591. The molecule has 2 fully saturated rings. The molecule has 1 atom stereocenters. The summed E-state index contributed by atoms with van der Waals surface area (Å²) in [6.07, 6.45) is 6.12. The number of aromatic nitrogens is 1. The molecule has 1 aliphatic carbocycles. The van der Waals surface area contributed by atoms with Gasteiger partial charge in [0.15, 0.2) is 0 Å². The highest BCUT2D eigenvalue weighted by Crippen LogP contribution is 2.32. The Bertz CT molecular complexity index is 386. The molecule has 1 aliphatic heterocycles. The van der Waals surface area contributed by atoms with Gasteiger partial charge in [-0.3, -0.25) is 14.8 Å². The first-order valence-corrected chi connectivity index (χ1v) is 7.33. The first kappa shape index (κ1) is 13.0. The second kappa shape index (κ2) is 5.99. The van der Waals surface area contributed by atoms with Crippen LogP contribution in [-0.4, -0.2) is 58.7 Å². The number of hydrogen-bond acceptors (Lipinski definition) is 4. The fourth-order valence-electron chi connectivity index (χ4n) is 2.77. The Morgan fingerprint density at radius 2 is 1.95 bits per heavy atom. The number of pyridine rings is 1. The molecule has 1 saturated heterocycles. The number of hydrogen-bond donors (Lipinski definition) is 1. The third kappa shape index (κ3) is 3.75. The van der Waals surface area contributed by atoms with Crippen LogP contribution in [0.4, 0.5) is 0 Å². The summed E-state index contributed by atoms with van der Waals surface area (Å²) in [7, 11) is 0. The standard InChI is InChI=1S/C15H23N3O/c19-15(14-3-4-14)12-18-8-6-17(7-9-18)11-13-2-1-5-16-10-13/h1-2,5,10,14-15,19H,3-4,6-9,11-12H2. The van der Waals surface area contributed by atoms with Crippen LogP contribution in [0.15, 0.2) is 24.5 Å². The fraction of sp³-hybridized carbons (Fsp3) is 0.667. The quantitative estimate of drug-likeness (QED) is 0.857. The average molecular weight is 261 g/mol. The van der Waals surface area contributed by atoms with E-state index in [-0.39, 0.29) is 6.10 Å². The van der Waals surface area contributed by atoms with E-state index in [1.54, 1.807) is 0 Å². The van der Waals surface area contributed by atoms with Crippen LogP contribution in [-0.2, 0) is 6.54 Å². The van der Waals surface area contributed by atoms with Crippen molar-refractivity contribution in [1.29, 1.82) is 0 Å². The van der Waals surface area contributed by atoms with Crippen LogP contribution in [0, 0.1) is 5.92 Å². The van der Waals surface area contributed by atoms with Gasteiger partial charge >= 0.3 is 0 Å². The SMILES string of the molecule is OC(CN1CCN(Cc2cccnc2)CC1)C1CC1. The summed E-state index contributed by atoms with van der Waals surface area (Å²) >= 11 is 0. The van der Waals surface area contributed by atoms with E-state index in [0.29, 0.717) is 5.92 Å². The molecule has 0 amide bonds. The molecule has 19 heavy (non-hydrogen) atoms. The minimum Gasteiger partial charge on any atom is -0.392 e. The van der Waals surface area contributed by atoms with E-state index in [4.69, 9.17) is 0 Å². The molecule has 4 nitrogen and oxygen atoms in total. The highest BCUT2D eigenvalue weighted by Gasteiger charge is 2.31. The van der Waals surface area contributed by atoms with Gasteiger partial charge in [0.2, 0.25) is 0 Å². The zero-order valence-electron chi connectivity index (χ0n) is 11.4. The molecule has 4 heteroatoms. The maximum absolute atomic E-state index is 9.98. The van der Waals surface area contributed by atoms with Crippen LogP contribution in [0.25, 0.3) is 0 Å². The van der Waals surface area contributed by atoms with E-state index in [0.717, 1.165) is 39.3 Å². The van der Waals surface area contributed by atoms with Gasteiger partial charge in [0, 0.05) is 51.7 Å². The van der Waals surface area contributed by atoms with E-state index in [1.165, 1.54) is 18.4 Å². The van der Waals surface area contributed by atoms with Crippen LogP contribution in [0.2, 0.25) is 0 Å².